The van der Waals surface area contributed by atoms with Crippen molar-refractivity contribution in [2.24, 2.45) is 7.05 Å². The third-order valence-corrected chi connectivity index (χ3v) is 2.61. The molecule has 0 bridgehead atoms. The fourth-order valence-corrected chi connectivity index (χ4v) is 1.54. The van der Waals surface area contributed by atoms with E-state index in [1.54, 1.807) is 22.6 Å². The van der Waals surface area contributed by atoms with Crippen LogP contribution in [0.4, 0.5) is 0 Å². The number of nitrogens with zero attached hydrogens (tertiary/aromatic N) is 2. The lowest BCUT2D eigenvalue weighted by molar-refractivity contribution is -0.140. The highest BCUT2D eigenvalue weighted by atomic mass is 16.5. The topological polar surface area (TPSA) is 51.5 Å². The van der Waals surface area contributed by atoms with Crippen LogP contribution in [0, 0.1) is 0 Å². The maximum atomic E-state index is 12.0. The van der Waals surface area contributed by atoms with Crippen LogP contribution in [0.1, 0.15) is 23.3 Å². The molecule has 0 spiro atoms. The van der Waals surface area contributed by atoms with Crippen molar-refractivity contribution in [3.05, 3.63) is 24.0 Å². The van der Waals surface area contributed by atoms with Gasteiger partial charge >= 0.3 is 5.97 Å². The van der Waals surface area contributed by atoms with E-state index in [0.717, 1.165) is 0 Å². The second-order valence-corrected chi connectivity index (χ2v) is 3.91. The summed E-state index contributed by atoms with van der Waals surface area (Å²) < 4.78 is 6.31. The summed E-state index contributed by atoms with van der Waals surface area (Å²) in [6, 6.07) is 3.61. The molecular weight excluding hydrogens is 220 g/mol. The lowest BCUT2D eigenvalue weighted by atomic mass is 10.3. The van der Waals surface area contributed by atoms with E-state index in [2.05, 4.69) is 4.74 Å². The van der Waals surface area contributed by atoms with Crippen LogP contribution in [0.3, 0.4) is 0 Å². The lowest BCUT2D eigenvalue weighted by Gasteiger charge is -2.17. The third kappa shape index (κ3) is 3.62. The van der Waals surface area contributed by atoms with Crippen LogP contribution in [0.5, 0.6) is 0 Å². The Kier molecular flexibility index (Phi) is 4.75. The van der Waals surface area contributed by atoms with Crippen LogP contribution in [0.2, 0.25) is 0 Å². The molecule has 1 amide bonds. The molecule has 1 heterocycles. The molecule has 0 aliphatic rings. The molecule has 0 atom stereocenters. The molecule has 0 N–H and O–H groups in total. The molecule has 0 unspecified atom stereocenters. The number of carbonyl (C=O) groups is 2. The van der Waals surface area contributed by atoms with E-state index in [-0.39, 0.29) is 11.9 Å². The first kappa shape index (κ1) is 13.3. The van der Waals surface area contributed by atoms with Crippen molar-refractivity contribution in [2.75, 3.05) is 20.7 Å². The number of aromatic nitrogens is 1. The van der Waals surface area contributed by atoms with Crippen LogP contribution >= 0.6 is 0 Å². The summed E-state index contributed by atoms with van der Waals surface area (Å²) in [6.07, 6.45) is 2.77. The molecule has 0 aliphatic carbocycles. The molecule has 0 aromatic carbocycles. The summed E-state index contributed by atoms with van der Waals surface area (Å²) in [6.45, 7) is 0.541. The number of esters is 1. The van der Waals surface area contributed by atoms with E-state index >= 15 is 0 Å². The Hall–Kier alpha value is -1.78. The summed E-state index contributed by atoms with van der Waals surface area (Å²) in [7, 11) is 4.92. The highest BCUT2D eigenvalue weighted by molar-refractivity contribution is 5.92. The van der Waals surface area contributed by atoms with Gasteiger partial charge in [0.05, 0.1) is 7.11 Å². The first-order chi connectivity index (χ1) is 8.06. The standard InChI is InChI=1S/C12H18N2O3/c1-13-8-4-6-10(13)12(16)14(2)9-5-7-11(15)17-3/h4,6,8H,5,7,9H2,1-3H3. The summed E-state index contributed by atoms with van der Waals surface area (Å²) in [5.74, 6) is -0.285. The van der Waals surface area contributed by atoms with Gasteiger partial charge in [-0.05, 0) is 18.6 Å². The van der Waals surface area contributed by atoms with Gasteiger partial charge in [-0.3, -0.25) is 9.59 Å². The minimum absolute atomic E-state index is 0.0395. The van der Waals surface area contributed by atoms with Crippen LogP contribution in [0.15, 0.2) is 18.3 Å². The quantitative estimate of drug-likeness (QED) is 0.720. The Bertz CT molecular complexity index is 398. The molecular formula is C12H18N2O3. The van der Waals surface area contributed by atoms with Crippen LogP contribution in [-0.2, 0) is 16.6 Å². The highest BCUT2D eigenvalue weighted by Crippen LogP contribution is 2.05. The predicted octanol–water partition coefficient (Wildman–Crippen LogP) is 1.05. The fraction of sp³-hybridized carbons (Fsp3) is 0.500. The number of methoxy groups -OCH3 is 1. The molecule has 17 heavy (non-hydrogen) atoms. The Balaban J connectivity index is 2.43. The molecule has 0 saturated carbocycles. The first-order valence-corrected chi connectivity index (χ1v) is 5.50. The summed E-state index contributed by atoms with van der Waals surface area (Å²) in [4.78, 5) is 24.5. The number of ether oxygens (including phenoxy) is 1. The molecule has 0 aliphatic heterocycles. The predicted molar refractivity (Wildman–Crippen MR) is 63.6 cm³/mol. The van der Waals surface area contributed by atoms with Crippen molar-refractivity contribution in [3.63, 3.8) is 0 Å². The van der Waals surface area contributed by atoms with Gasteiger partial charge in [0, 0.05) is 33.3 Å². The normalized spacial score (nSPS) is 10.1. The zero-order valence-electron chi connectivity index (χ0n) is 10.5. The average Bonchev–Trinajstić information content (AvgIpc) is 2.74. The molecule has 5 nitrogen and oxygen atoms in total. The van der Waals surface area contributed by atoms with Gasteiger partial charge in [-0.1, -0.05) is 0 Å². The van der Waals surface area contributed by atoms with Crippen molar-refractivity contribution in [1.29, 1.82) is 0 Å². The molecule has 5 heteroatoms. The van der Waals surface area contributed by atoms with Crippen LogP contribution in [0.25, 0.3) is 0 Å². The molecule has 1 rings (SSSR count). The van der Waals surface area contributed by atoms with Gasteiger partial charge in [-0.25, -0.2) is 0 Å². The first-order valence-electron chi connectivity index (χ1n) is 5.50. The van der Waals surface area contributed by atoms with Crippen LogP contribution in [-0.4, -0.2) is 42.0 Å². The molecule has 94 valence electrons. The molecule has 0 fully saturated rings. The van der Waals surface area contributed by atoms with E-state index in [1.165, 1.54) is 7.11 Å². The Morgan fingerprint density at radius 3 is 2.71 bits per heavy atom. The molecule has 1 aromatic heterocycles. The van der Waals surface area contributed by atoms with E-state index in [1.807, 2.05) is 19.3 Å². The molecule has 0 saturated heterocycles. The van der Waals surface area contributed by atoms with Crippen molar-refractivity contribution in [1.82, 2.24) is 9.47 Å². The largest absolute Gasteiger partial charge is 0.469 e. The van der Waals surface area contributed by atoms with E-state index < -0.39 is 0 Å². The lowest BCUT2D eigenvalue weighted by Crippen LogP contribution is -2.29. The number of hydrogen-bond donors (Lipinski definition) is 0. The van der Waals surface area contributed by atoms with Gasteiger partial charge in [0.1, 0.15) is 5.69 Å². The molecule has 0 radical (unpaired) electrons. The number of amides is 1. The van der Waals surface area contributed by atoms with Crippen molar-refractivity contribution in [2.45, 2.75) is 12.8 Å². The van der Waals surface area contributed by atoms with Crippen LogP contribution < -0.4 is 0 Å². The van der Waals surface area contributed by atoms with E-state index in [4.69, 9.17) is 0 Å². The maximum Gasteiger partial charge on any atom is 0.305 e. The van der Waals surface area contributed by atoms with Crippen molar-refractivity contribution in [3.8, 4) is 0 Å². The zero-order valence-corrected chi connectivity index (χ0v) is 10.5. The highest BCUT2D eigenvalue weighted by Gasteiger charge is 2.14. The zero-order chi connectivity index (χ0) is 12.8. The van der Waals surface area contributed by atoms with E-state index in [9.17, 15) is 9.59 Å². The Labute approximate surface area is 101 Å². The number of carbonyl (C=O) groups excluding carboxylic acids is 2. The minimum Gasteiger partial charge on any atom is -0.469 e. The maximum absolute atomic E-state index is 12.0. The van der Waals surface area contributed by atoms with Gasteiger partial charge in [-0.15, -0.1) is 0 Å². The third-order valence-electron chi connectivity index (χ3n) is 2.61. The number of hydrogen-bond acceptors (Lipinski definition) is 3. The number of rotatable bonds is 5. The Morgan fingerprint density at radius 1 is 1.47 bits per heavy atom. The second-order valence-electron chi connectivity index (χ2n) is 3.91. The average molecular weight is 238 g/mol. The van der Waals surface area contributed by atoms with Gasteiger partial charge < -0.3 is 14.2 Å². The SMILES string of the molecule is COC(=O)CCCN(C)C(=O)c1cccn1C. The summed E-state index contributed by atoms with van der Waals surface area (Å²) in [5.41, 5.74) is 0.644. The van der Waals surface area contributed by atoms with Crippen molar-refractivity contribution < 1.29 is 14.3 Å². The minimum atomic E-state index is -0.246. The van der Waals surface area contributed by atoms with E-state index in [0.29, 0.717) is 25.1 Å². The Morgan fingerprint density at radius 2 is 2.18 bits per heavy atom. The second kappa shape index (κ2) is 6.08. The van der Waals surface area contributed by atoms with Gasteiger partial charge in [-0.2, -0.15) is 0 Å². The van der Waals surface area contributed by atoms with Gasteiger partial charge in [0.25, 0.3) is 5.91 Å². The summed E-state index contributed by atoms with van der Waals surface area (Å²) >= 11 is 0. The van der Waals surface area contributed by atoms with Gasteiger partial charge in [0.2, 0.25) is 0 Å². The molecule has 1 aromatic rings. The monoisotopic (exact) mass is 238 g/mol. The van der Waals surface area contributed by atoms with Crippen molar-refractivity contribution >= 4 is 11.9 Å². The number of aryl methyl sites for hydroxylation is 1. The fourth-order valence-electron chi connectivity index (χ4n) is 1.54. The smallest absolute Gasteiger partial charge is 0.305 e. The summed E-state index contributed by atoms with van der Waals surface area (Å²) in [5, 5.41) is 0. The van der Waals surface area contributed by atoms with Gasteiger partial charge in [0.15, 0.2) is 0 Å².